The van der Waals surface area contributed by atoms with E-state index in [0.29, 0.717) is 0 Å². The molecule has 0 spiro atoms. The van der Waals surface area contributed by atoms with E-state index < -0.39 is 0 Å². The van der Waals surface area contributed by atoms with Gasteiger partial charge >= 0.3 is 0 Å². The van der Waals surface area contributed by atoms with Crippen LogP contribution in [0.4, 0.5) is 0 Å². The molecule has 5 heteroatoms. The Balaban J connectivity index is 0.000000202. The van der Waals surface area contributed by atoms with Crippen LogP contribution in [0.25, 0.3) is 0 Å². The predicted molar refractivity (Wildman–Crippen MR) is 73.6 cm³/mol. The van der Waals surface area contributed by atoms with Crippen molar-refractivity contribution in [2.24, 2.45) is 0 Å². The van der Waals surface area contributed by atoms with Gasteiger partial charge in [-0.3, -0.25) is 4.90 Å². The molecule has 0 amide bonds. The summed E-state index contributed by atoms with van der Waals surface area (Å²) in [6, 6.07) is 0. The predicted octanol–water partition coefficient (Wildman–Crippen LogP) is -1.37. The van der Waals surface area contributed by atoms with Crippen LogP contribution in [0.3, 0.4) is 0 Å². The van der Waals surface area contributed by atoms with Gasteiger partial charge in [0.2, 0.25) is 0 Å². The second kappa shape index (κ2) is 9.79. The van der Waals surface area contributed by atoms with E-state index >= 15 is 0 Å². The van der Waals surface area contributed by atoms with E-state index in [2.05, 4.69) is 39.8 Å². The highest BCUT2D eigenvalue weighted by Crippen LogP contribution is 1.91. The van der Waals surface area contributed by atoms with Crippen molar-refractivity contribution in [3.8, 4) is 0 Å². The highest BCUT2D eigenvalue weighted by molar-refractivity contribution is 4.67. The van der Waals surface area contributed by atoms with Gasteiger partial charge in [0.1, 0.15) is 0 Å². The van der Waals surface area contributed by atoms with E-state index in [0.717, 1.165) is 39.3 Å². The number of likely N-dealkylation sites (N-methyl/N-ethyl adjacent to an activating group) is 1. The van der Waals surface area contributed by atoms with Crippen molar-refractivity contribution in [3.05, 3.63) is 0 Å². The first kappa shape index (κ1) is 14.9. The van der Waals surface area contributed by atoms with Gasteiger partial charge in [-0.15, -0.1) is 0 Å². The minimum absolute atomic E-state index is 1.14. The summed E-state index contributed by atoms with van der Waals surface area (Å²) in [6.45, 7) is 11.7. The minimum Gasteiger partial charge on any atom is -0.314 e. The summed E-state index contributed by atoms with van der Waals surface area (Å²) in [5.74, 6) is 0. The minimum atomic E-state index is 1.14. The van der Waals surface area contributed by atoms with Crippen LogP contribution in [-0.4, -0.2) is 89.3 Å². The van der Waals surface area contributed by atoms with Crippen LogP contribution in [0.5, 0.6) is 0 Å². The zero-order valence-corrected chi connectivity index (χ0v) is 11.5. The molecule has 0 unspecified atom stereocenters. The van der Waals surface area contributed by atoms with Crippen molar-refractivity contribution in [1.82, 2.24) is 25.8 Å². The molecule has 0 aromatic rings. The molecule has 5 nitrogen and oxygen atoms in total. The fourth-order valence-corrected chi connectivity index (χ4v) is 1.88. The van der Waals surface area contributed by atoms with Gasteiger partial charge in [-0.25, -0.2) is 0 Å². The van der Waals surface area contributed by atoms with E-state index in [4.69, 9.17) is 0 Å². The molecular formula is C12H29N5. The van der Waals surface area contributed by atoms with Gasteiger partial charge in [0.25, 0.3) is 0 Å². The van der Waals surface area contributed by atoms with Crippen molar-refractivity contribution in [1.29, 1.82) is 0 Å². The first-order chi connectivity index (χ1) is 8.29. The Labute approximate surface area is 106 Å². The van der Waals surface area contributed by atoms with Gasteiger partial charge in [-0.1, -0.05) is 0 Å². The number of rotatable bonds is 3. The molecule has 0 bridgehead atoms. The third-order valence-corrected chi connectivity index (χ3v) is 3.03. The topological polar surface area (TPSA) is 42.6 Å². The molecule has 2 heterocycles. The lowest BCUT2D eigenvalue weighted by Crippen LogP contribution is -2.45. The maximum Gasteiger partial charge on any atom is 0.0110 e. The monoisotopic (exact) mass is 243 g/mol. The molecule has 0 saturated carbocycles. The maximum atomic E-state index is 3.35. The Hall–Kier alpha value is -0.200. The summed E-state index contributed by atoms with van der Waals surface area (Å²) in [5.41, 5.74) is 0. The quantitative estimate of drug-likeness (QED) is 0.571. The Bertz CT molecular complexity index is 153. The zero-order chi connectivity index (χ0) is 12.3. The van der Waals surface area contributed by atoms with Crippen LogP contribution >= 0.6 is 0 Å². The van der Waals surface area contributed by atoms with Crippen molar-refractivity contribution in [2.75, 3.05) is 79.5 Å². The maximum absolute atomic E-state index is 3.35. The van der Waals surface area contributed by atoms with E-state index in [1.165, 1.54) is 26.2 Å². The van der Waals surface area contributed by atoms with Crippen molar-refractivity contribution in [3.63, 3.8) is 0 Å². The van der Waals surface area contributed by atoms with Gasteiger partial charge < -0.3 is 20.9 Å². The fourth-order valence-electron chi connectivity index (χ4n) is 1.88. The fraction of sp³-hybridized carbons (Fsp3) is 1.00. The second-order valence-corrected chi connectivity index (χ2v) is 4.89. The van der Waals surface area contributed by atoms with Gasteiger partial charge in [-0.05, 0) is 14.1 Å². The van der Waals surface area contributed by atoms with Crippen molar-refractivity contribution >= 4 is 0 Å². The SMILES string of the molecule is C1CNCCN1.CN(C)CCN1CCNCC1. The van der Waals surface area contributed by atoms with Crippen LogP contribution in [0.2, 0.25) is 0 Å². The lowest BCUT2D eigenvalue weighted by atomic mass is 10.3. The smallest absolute Gasteiger partial charge is 0.0110 e. The normalized spacial score (nSPS) is 22.1. The summed E-state index contributed by atoms with van der Waals surface area (Å²) in [4.78, 5) is 4.75. The molecule has 0 aromatic carbocycles. The van der Waals surface area contributed by atoms with Gasteiger partial charge in [-0.2, -0.15) is 0 Å². The number of hydrogen-bond donors (Lipinski definition) is 3. The molecule has 3 N–H and O–H groups in total. The molecule has 2 rings (SSSR count). The molecule has 2 fully saturated rings. The molecule has 0 aromatic heterocycles. The summed E-state index contributed by atoms with van der Waals surface area (Å²) < 4.78 is 0. The van der Waals surface area contributed by atoms with Gasteiger partial charge in [0.15, 0.2) is 0 Å². The molecule has 0 atom stereocenters. The molecule has 102 valence electrons. The standard InChI is InChI=1S/C8H19N3.C4H10N2/c1-10(2)7-8-11-5-3-9-4-6-11;1-2-6-4-3-5-1/h9H,3-8H2,1-2H3;5-6H,1-4H2. The van der Waals surface area contributed by atoms with Crippen LogP contribution in [0, 0.1) is 0 Å². The molecule has 2 aliphatic heterocycles. The van der Waals surface area contributed by atoms with Crippen molar-refractivity contribution < 1.29 is 0 Å². The summed E-state index contributed by atoms with van der Waals surface area (Å²) in [6.07, 6.45) is 0. The van der Waals surface area contributed by atoms with Crippen LogP contribution < -0.4 is 16.0 Å². The lowest BCUT2D eigenvalue weighted by Gasteiger charge is -2.28. The number of hydrogen-bond acceptors (Lipinski definition) is 5. The van der Waals surface area contributed by atoms with Crippen LogP contribution in [0.1, 0.15) is 0 Å². The molecule has 0 radical (unpaired) electrons. The number of nitrogens with one attached hydrogen (secondary N) is 3. The second-order valence-electron chi connectivity index (χ2n) is 4.89. The average molecular weight is 243 g/mol. The Morgan fingerprint density at radius 2 is 1.29 bits per heavy atom. The molecule has 2 saturated heterocycles. The molecular weight excluding hydrogens is 214 g/mol. The largest absolute Gasteiger partial charge is 0.314 e. The molecule has 2 aliphatic rings. The van der Waals surface area contributed by atoms with Crippen LogP contribution in [-0.2, 0) is 0 Å². The first-order valence-corrected chi connectivity index (χ1v) is 6.78. The van der Waals surface area contributed by atoms with E-state index in [-0.39, 0.29) is 0 Å². The number of piperazine rings is 2. The Morgan fingerprint density at radius 3 is 1.71 bits per heavy atom. The van der Waals surface area contributed by atoms with Gasteiger partial charge in [0.05, 0.1) is 0 Å². The van der Waals surface area contributed by atoms with Gasteiger partial charge in [0, 0.05) is 65.4 Å². The average Bonchev–Trinajstić information content (AvgIpc) is 2.40. The number of nitrogens with zero attached hydrogens (tertiary/aromatic N) is 2. The van der Waals surface area contributed by atoms with E-state index in [1.54, 1.807) is 0 Å². The summed E-state index contributed by atoms with van der Waals surface area (Å²) in [7, 11) is 4.25. The third-order valence-electron chi connectivity index (χ3n) is 3.03. The van der Waals surface area contributed by atoms with E-state index in [9.17, 15) is 0 Å². The molecule has 17 heavy (non-hydrogen) atoms. The van der Waals surface area contributed by atoms with Crippen molar-refractivity contribution in [2.45, 2.75) is 0 Å². The summed E-state index contributed by atoms with van der Waals surface area (Å²) >= 11 is 0. The highest BCUT2D eigenvalue weighted by atomic mass is 15.2. The first-order valence-electron chi connectivity index (χ1n) is 6.78. The van der Waals surface area contributed by atoms with Crippen LogP contribution in [0.15, 0.2) is 0 Å². The lowest BCUT2D eigenvalue weighted by molar-refractivity contribution is 0.217. The zero-order valence-electron chi connectivity index (χ0n) is 11.5. The Kier molecular flexibility index (Phi) is 8.56. The summed E-state index contributed by atoms with van der Waals surface area (Å²) in [5, 5.41) is 9.79. The van der Waals surface area contributed by atoms with E-state index in [1.807, 2.05) is 0 Å². The molecule has 0 aliphatic carbocycles. The highest BCUT2D eigenvalue weighted by Gasteiger charge is 2.08. The Morgan fingerprint density at radius 1 is 0.824 bits per heavy atom. The third kappa shape index (κ3) is 8.51.